The van der Waals surface area contributed by atoms with Crippen LogP contribution in [-0.4, -0.2) is 60.6 Å². The maximum Gasteiger partial charge on any atom is 0.407 e. The van der Waals surface area contributed by atoms with Crippen LogP contribution in [0.2, 0.25) is 13.1 Å². The lowest BCUT2D eigenvalue weighted by Gasteiger charge is -2.45. The largest absolute Gasteiger partial charge is 0.508 e. The number of aliphatic hydroxyl groups excluding tert-OH is 1. The second-order valence-corrected chi connectivity index (χ2v) is 17.6. The monoisotopic (exact) mass is 640 g/mol. The molecule has 1 saturated carbocycles. The van der Waals surface area contributed by atoms with E-state index in [2.05, 4.69) is 51.4 Å². The normalized spacial score (nSPS) is 21.5. The van der Waals surface area contributed by atoms with Crippen molar-refractivity contribution in [2.45, 2.75) is 123 Å². The number of phenolic OH excluding ortho intramolecular Hbond substituents is 1. The van der Waals surface area contributed by atoms with Crippen LogP contribution in [0.5, 0.6) is 5.75 Å². The fourth-order valence-electron chi connectivity index (χ4n) is 6.50. The Bertz CT molecular complexity index is 1230. The van der Waals surface area contributed by atoms with Crippen LogP contribution in [-0.2, 0) is 26.8 Å². The zero-order valence-electron chi connectivity index (χ0n) is 28.7. The number of ether oxygens (including phenoxy) is 1. The molecule has 9 heteroatoms. The molecular weight excluding hydrogens is 584 g/mol. The van der Waals surface area contributed by atoms with Gasteiger partial charge in [0.25, 0.3) is 5.91 Å². The summed E-state index contributed by atoms with van der Waals surface area (Å²) in [6, 6.07) is 16.1. The Morgan fingerprint density at radius 1 is 0.956 bits per heavy atom. The summed E-state index contributed by atoms with van der Waals surface area (Å²) >= 11 is 0. The molecule has 2 aromatic rings. The third-order valence-corrected chi connectivity index (χ3v) is 9.62. The average molecular weight is 641 g/mol. The molecule has 0 heterocycles. The van der Waals surface area contributed by atoms with Crippen molar-refractivity contribution in [3.63, 3.8) is 0 Å². The predicted molar refractivity (Wildman–Crippen MR) is 182 cm³/mol. The Kier molecular flexibility index (Phi) is 12.3. The number of hydrogen-bond acceptors (Lipinski definition) is 6. The summed E-state index contributed by atoms with van der Waals surface area (Å²) in [5.74, 6) is -0.205. The van der Waals surface area contributed by atoms with Crippen molar-refractivity contribution in [1.82, 2.24) is 10.6 Å². The molecule has 3 unspecified atom stereocenters. The third kappa shape index (κ3) is 10.9. The number of amides is 2. The number of carbonyl (C=O) groups is 2. The maximum absolute atomic E-state index is 14.7. The molecule has 1 aliphatic carbocycles. The quantitative estimate of drug-likeness (QED) is 0.207. The van der Waals surface area contributed by atoms with Gasteiger partial charge in [-0.3, -0.25) is 4.79 Å². The van der Waals surface area contributed by atoms with Crippen LogP contribution in [0.4, 0.5) is 4.79 Å². The first-order valence-corrected chi connectivity index (χ1v) is 19.1. The number of hydrogen-bond donors (Lipinski definition) is 4. The molecule has 3 rings (SSSR count). The van der Waals surface area contributed by atoms with Crippen LogP contribution < -0.4 is 10.6 Å². The minimum absolute atomic E-state index is 0.129. The van der Waals surface area contributed by atoms with Crippen LogP contribution in [0.1, 0.15) is 78.9 Å². The standard InChI is InChI=1S/C36H56N2O6Si/c1-24-15-20-30(40)31(24)38-32(41)36(44-45(8)9,22-26-16-18-27(39)19-17-26)23-28(34(2,3)4)29(21-25-13-11-10-12-14-25)37-33(42)43-35(5,6)7/h10-14,16-19,24,28-31,39-40,45H,15,20-23H2,1-9H3,(H,37,42)(H,38,41)/t24?,28-,29+,30?,31?,36+/m1/s1. The van der Waals surface area contributed by atoms with Crippen molar-refractivity contribution < 1.29 is 29.0 Å². The first-order valence-electron chi connectivity index (χ1n) is 16.4. The average Bonchev–Trinajstić information content (AvgIpc) is 3.23. The third-order valence-electron chi connectivity index (χ3n) is 8.69. The Morgan fingerprint density at radius 2 is 1.58 bits per heavy atom. The van der Waals surface area contributed by atoms with Gasteiger partial charge in [0.1, 0.15) is 17.0 Å². The SMILES string of the molecule is CC1CCC(O)C1NC(=O)[C@](Cc1ccc(O)cc1)(C[C@H]([C@H](Cc1ccccc1)NC(=O)OC(C)(C)C)C(C)(C)C)O[SiH](C)C. The minimum atomic E-state index is -1.84. The molecule has 2 amide bonds. The number of carbonyl (C=O) groups excluding carboxylic acids is 2. The summed E-state index contributed by atoms with van der Waals surface area (Å²) in [4.78, 5) is 28.0. The van der Waals surface area contributed by atoms with E-state index in [1.165, 1.54) is 0 Å². The summed E-state index contributed by atoms with van der Waals surface area (Å²) in [5, 5.41) is 27.2. The lowest BCUT2D eigenvalue weighted by molar-refractivity contribution is -0.142. The summed E-state index contributed by atoms with van der Waals surface area (Å²) in [7, 11) is -1.84. The van der Waals surface area contributed by atoms with Gasteiger partial charge >= 0.3 is 6.09 Å². The van der Waals surface area contributed by atoms with E-state index in [4.69, 9.17) is 9.16 Å². The van der Waals surface area contributed by atoms with Crippen LogP contribution in [0.15, 0.2) is 54.6 Å². The van der Waals surface area contributed by atoms with E-state index < -0.39 is 32.4 Å². The van der Waals surface area contributed by atoms with E-state index in [1.54, 1.807) is 12.1 Å². The van der Waals surface area contributed by atoms with Crippen molar-refractivity contribution in [2.75, 3.05) is 0 Å². The van der Waals surface area contributed by atoms with Gasteiger partial charge in [-0.1, -0.05) is 70.2 Å². The van der Waals surface area contributed by atoms with Crippen molar-refractivity contribution in [3.05, 3.63) is 65.7 Å². The number of aliphatic hydroxyl groups is 1. The molecular formula is C36H56N2O6Si. The number of phenols is 1. The summed E-state index contributed by atoms with van der Waals surface area (Å²) in [6.07, 6.45) is 1.48. The van der Waals surface area contributed by atoms with E-state index in [1.807, 2.05) is 63.2 Å². The second kappa shape index (κ2) is 15.1. The van der Waals surface area contributed by atoms with Crippen molar-refractivity contribution in [2.24, 2.45) is 17.3 Å². The molecule has 2 aromatic carbocycles. The fourth-order valence-corrected chi connectivity index (χ4v) is 7.69. The Hall–Kier alpha value is -2.88. The maximum atomic E-state index is 14.7. The van der Waals surface area contributed by atoms with Gasteiger partial charge in [-0.2, -0.15) is 0 Å². The number of rotatable bonds is 12. The zero-order valence-corrected chi connectivity index (χ0v) is 29.9. The van der Waals surface area contributed by atoms with Gasteiger partial charge in [-0.15, -0.1) is 0 Å². The highest BCUT2D eigenvalue weighted by Gasteiger charge is 2.48. The number of benzene rings is 2. The van der Waals surface area contributed by atoms with E-state index in [9.17, 15) is 19.8 Å². The molecule has 1 fully saturated rings. The van der Waals surface area contributed by atoms with Gasteiger partial charge < -0.3 is 30.0 Å². The Morgan fingerprint density at radius 3 is 2.09 bits per heavy atom. The van der Waals surface area contributed by atoms with Crippen molar-refractivity contribution in [1.29, 1.82) is 0 Å². The van der Waals surface area contributed by atoms with E-state index in [0.29, 0.717) is 19.3 Å². The van der Waals surface area contributed by atoms with Crippen LogP contribution in [0.25, 0.3) is 0 Å². The van der Waals surface area contributed by atoms with Gasteiger partial charge in [0.05, 0.1) is 12.1 Å². The van der Waals surface area contributed by atoms with Crippen LogP contribution in [0.3, 0.4) is 0 Å². The Labute approximate surface area is 272 Å². The first kappa shape index (κ1) is 36.6. The lowest BCUT2D eigenvalue weighted by atomic mass is 9.68. The molecule has 0 spiro atoms. The minimum Gasteiger partial charge on any atom is -0.508 e. The van der Waals surface area contributed by atoms with Gasteiger partial charge in [-0.05, 0) is 100 Å². The highest BCUT2D eigenvalue weighted by atomic mass is 28.3. The molecule has 45 heavy (non-hydrogen) atoms. The number of alkyl carbamates (subject to hydrolysis) is 1. The van der Waals surface area contributed by atoms with Gasteiger partial charge in [0.15, 0.2) is 9.04 Å². The molecule has 0 bridgehead atoms. The van der Waals surface area contributed by atoms with Crippen LogP contribution >= 0.6 is 0 Å². The molecule has 0 aliphatic heterocycles. The summed E-state index contributed by atoms with van der Waals surface area (Å²) < 4.78 is 12.6. The van der Waals surface area contributed by atoms with E-state index in [-0.39, 0.29) is 47.4 Å². The molecule has 0 saturated heterocycles. The van der Waals surface area contributed by atoms with Gasteiger partial charge in [-0.25, -0.2) is 4.79 Å². The number of aromatic hydroxyl groups is 1. The van der Waals surface area contributed by atoms with Crippen molar-refractivity contribution >= 4 is 21.0 Å². The lowest BCUT2D eigenvalue weighted by Crippen LogP contribution is -2.60. The van der Waals surface area contributed by atoms with Crippen molar-refractivity contribution in [3.8, 4) is 5.75 Å². The molecule has 1 aliphatic rings. The molecule has 8 nitrogen and oxygen atoms in total. The predicted octanol–water partition coefficient (Wildman–Crippen LogP) is 6.14. The summed E-state index contributed by atoms with van der Waals surface area (Å²) in [6.45, 7) is 18.1. The molecule has 0 aromatic heterocycles. The molecule has 250 valence electrons. The second-order valence-electron chi connectivity index (χ2n) is 15.2. The van der Waals surface area contributed by atoms with Gasteiger partial charge in [0, 0.05) is 12.5 Å². The van der Waals surface area contributed by atoms with Gasteiger partial charge in [0.2, 0.25) is 0 Å². The smallest absolute Gasteiger partial charge is 0.407 e. The van der Waals surface area contributed by atoms with Crippen LogP contribution in [0, 0.1) is 17.3 Å². The Balaban J connectivity index is 2.13. The van der Waals surface area contributed by atoms with E-state index >= 15 is 0 Å². The molecule has 0 radical (unpaired) electrons. The topological polar surface area (TPSA) is 117 Å². The molecule has 4 N–H and O–H groups in total. The highest BCUT2D eigenvalue weighted by Crippen LogP contribution is 2.40. The molecule has 6 atom stereocenters. The highest BCUT2D eigenvalue weighted by molar-refractivity contribution is 6.48. The fraction of sp³-hybridized carbons (Fsp3) is 0.611. The first-order chi connectivity index (χ1) is 20.9. The summed E-state index contributed by atoms with van der Waals surface area (Å²) in [5.41, 5.74) is -0.418. The van der Waals surface area contributed by atoms with E-state index in [0.717, 1.165) is 17.5 Å². The number of nitrogens with one attached hydrogen (secondary N) is 2. The zero-order chi connectivity index (χ0) is 33.6.